The Morgan fingerprint density at radius 1 is 1.00 bits per heavy atom. The molecule has 0 aliphatic rings. The fourth-order valence-electron chi connectivity index (χ4n) is 2.17. The van der Waals surface area contributed by atoms with Crippen molar-refractivity contribution in [1.29, 1.82) is 0 Å². The molecular weight excluding hydrogens is 297 g/mol. The van der Waals surface area contributed by atoms with Crippen LogP contribution < -0.4 is 5.73 Å². The third-order valence-electron chi connectivity index (χ3n) is 3.09. The second-order valence-electron chi connectivity index (χ2n) is 4.37. The molecular formula is C15H11Cl2NS. The van der Waals surface area contributed by atoms with Gasteiger partial charge in [-0.25, -0.2) is 0 Å². The minimum absolute atomic E-state index is 0.215. The molecule has 96 valence electrons. The van der Waals surface area contributed by atoms with Crippen LogP contribution in [0.4, 0.5) is 0 Å². The summed E-state index contributed by atoms with van der Waals surface area (Å²) in [5, 5.41) is 4.51. The summed E-state index contributed by atoms with van der Waals surface area (Å²) in [5.41, 5.74) is 8.40. The molecule has 0 radical (unpaired) electrons. The lowest BCUT2D eigenvalue weighted by atomic mass is 9.99. The van der Waals surface area contributed by atoms with Crippen molar-refractivity contribution >= 4 is 44.6 Å². The maximum Gasteiger partial charge on any atom is 0.0567 e. The van der Waals surface area contributed by atoms with E-state index in [2.05, 4.69) is 17.5 Å². The van der Waals surface area contributed by atoms with Crippen LogP contribution in [-0.4, -0.2) is 0 Å². The minimum Gasteiger partial charge on any atom is -0.320 e. The fourth-order valence-corrected chi connectivity index (χ4v) is 3.71. The SMILES string of the molecule is NC(c1cc(Cl)cc(Cl)c1)c1csc2ccccc12. The third-order valence-corrected chi connectivity index (χ3v) is 4.51. The minimum atomic E-state index is -0.215. The normalized spacial score (nSPS) is 12.8. The van der Waals surface area contributed by atoms with E-state index in [9.17, 15) is 0 Å². The van der Waals surface area contributed by atoms with Crippen LogP contribution in [0, 0.1) is 0 Å². The first-order valence-corrected chi connectivity index (χ1v) is 7.46. The first-order valence-electron chi connectivity index (χ1n) is 5.83. The van der Waals surface area contributed by atoms with E-state index in [-0.39, 0.29) is 6.04 Å². The van der Waals surface area contributed by atoms with E-state index in [0.717, 1.165) is 11.1 Å². The highest BCUT2D eigenvalue weighted by Gasteiger charge is 2.14. The Labute approximate surface area is 125 Å². The summed E-state index contributed by atoms with van der Waals surface area (Å²) in [6, 6.07) is 13.5. The van der Waals surface area contributed by atoms with Gasteiger partial charge in [-0.3, -0.25) is 0 Å². The maximum atomic E-state index is 6.35. The van der Waals surface area contributed by atoms with Gasteiger partial charge in [0.15, 0.2) is 0 Å². The highest BCUT2D eigenvalue weighted by Crippen LogP contribution is 2.33. The molecule has 0 saturated carbocycles. The van der Waals surface area contributed by atoms with Gasteiger partial charge in [0, 0.05) is 14.7 Å². The fraction of sp³-hybridized carbons (Fsp3) is 0.0667. The van der Waals surface area contributed by atoms with Gasteiger partial charge in [0.25, 0.3) is 0 Å². The monoisotopic (exact) mass is 307 g/mol. The Morgan fingerprint density at radius 2 is 1.68 bits per heavy atom. The van der Waals surface area contributed by atoms with E-state index in [4.69, 9.17) is 28.9 Å². The molecule has 0 aliphatic carbocycles. The number of hydrogen-bond donors (Lipinski definition) is 1. The van der Waals surface area contributed by atoms with Gasteiger partial charge in [0.2, 0.25) is 0 Å². The lowest BCUT2D eigenvalue weighted by Crippen LogP contribution is -2.11. The molecule has 0 fully saturated rings. The van der Waals surface area contributed by atoms with Crippen LogP contribution in [0.1, 0.15) is 17.2 Å². The van der Waals surface area contributed by atoms with Crippen molar-refractivity contribution in [3.63, 3.8) is 0 Å². The van der Waals surface area contributed by atoms with E-state index < -0.39 is 0 Å². The molecule has 1 unspecified atom stereocenters. The second-order valence-corrected chi connectivity index (χ2v) is 6.15. The molecule has 1 atom stereocenters. The lowest BCUT2D eigenvalue weighted by molar-refractivity contribution is 0.885. The van der Waals surface area contributed by atoms with E-state index >= 15 is 0 Å². The molecule has 0 spiro atoms. The molecule has 0 saturated heterocycles. The Morgan fingerprint density at radius 3 is 2.42 bits per heavy atom. The van der Waals surface area contributed by atoms with Gasteiger partial charge in [-0.2, -0.15) is 0 Å². The van der Waals surface area contributed by atoms with Crippen molar-refractivity contribution in [3.8, 4) is 0 Å². The largest absolute Gasteiger partial charge is 0.320 e. The second kappa shape index (κ2) is 5.14. The molecule has 1 heterocycles. The zero-order valence-corrected chi connectivity index (χ0v) is 12.3. The smallest absolute Gasteiger partial charge is 0.0567 e. The van der Waals surface area contributed by atoms with Crippen molar-refractivity contribution in [2.75, 3.05) is 0 Å². The van der Waals surface area contributed by atoms with Crippen LogP contribution in [0.15, 0.2) is 47.8 Å². The van der Waals surface area contributed by atoms with Crippen LogP contribution >= 0.6 is 34.5 Å². The van der Waals surface area contributed by atoms with Crippen LogP contribution in [0.3, 0.4) is 0 Å². The summed E-state index contributed by atoms with van der Waals surface area (Å²) in [5.74, 6) is 0. The average Bonchev–Trinajstić information content (AvgIpc) is 2.80. The summed E-state index contributed by atoms with van der Waals surface area (Å²) in [4.78, 5) is 0. The summed E-state index contributed by atoms with van der Waals surface area (Å²) in [6.45, 7) is 0. The van der Waals surface area contributed by atoms with Crippen LogP contribution in [0.5, 0.6) is 0 Å². The molecule has 1 aromatic heterocycles. The van der Waals surface area contributed by atoms with Gasteiger partial charge in [0.1, 0.15) is 0 Å². The summed E-state index contributed by atoms with van der Waals surface area (Å²) in [6.07, 6.45) is 0. The molecule has 3 aromatic rings. The van der Waals surface area contributed by atoms with Gasteiger partial charge in [-0.1, -0.05) is 41.4 Å². The molecule has 2 aromatic carbocycles. The Balaban J connectivity index is 2.10. The zero-order chi connectivity index (χ0) is 13.4. The van der Waals surface area contributed by atoms with Gasteiger partial charge in [-0.15, -0.1) is 11.3 Å². The van der Waals surface area contributed by atoms with Crippen molar-refractivity contribution in [3.05, 3.63) is 69.0 Å². The molecule has 2 N–H and O–H groups in total. The first kappa shape index (κ1) is 12.9. The van der Waals surface area contributed by atoms with Crippen molar-refractivity contribution in [1.82, 2.24) is 0 Å². The first-order chi connectivity index (χ1) is 9.15. The predicted molar refractivity (Wildman–Crippen MR) is 84.3 cm³/mol. The van der Waals surface area contributed by atoms with Crippen molar-refractivity contribution < 1.29 is 0 Å². The molecule has 4 heteroatoms. The molecule has 0 aliphatic heterocycles. The van der Waals surface area contributed by atoms with Gasteiger partial charge >= 0.3 is 0 Å². The quantitative estimate of drug-likeness (QED) is 0.687. The number of halogens is 2. The number of benzene rings is 2. The third kappa shape index (κ3) is 2.49. The van der Waals surface area contributed by atoms with E-state index in [1.165, 1.54) is 10.1 Å². The summed E-state index contributed by atoms with van der Waals surface area (Å²) >= 11 is 13.8. The Kier molecular flexibility index (Phi) is 3.50. The van der Waals surface area contributed by atoms with Crippen LogP contribution in [-0.2, 0) is 0 Å². The number of hydrogen-bond acceptors (Lipinski definition) is 2. The standard InChI is InChI=1S/C15H11Cl2NS/c16-10-5-9(6-11(17)7-10)15(18)13-8-19-14-4-2-1-3-12(13)14/h1-8,15H,18H2. The predicted octanol–water partition coefficient (Wildman–Crippen LogP) is 5.26. The van der Waals surface area contributed by atoms with E-state index in [1.807, 2.05) is 24.3 Å². The van der Waals surface area contributed by atoms with Crippen molar-refractivity contribution in [2.24, 2.45) is 5.73 Å². The Bertz CT molecular complexity index is 716. The number of thiophene rings is 1. The highest BCUT2D eigenvalue weighted by molar-refractivity contribution is 7.17. The topological polar surface area (TPSA) is 26.0 Å². The molecule has 0 amide bonds. The van der Waals surface area contributed by atoms with Crippen LogP contribution in [0.2, 0.25) is 10.0 Å². The average molecular weight is 308 g/mol. The number of nitrogens with two attached hydrogens (primary N) is 1. The summed E-state index contributed by atoms with van der Waals surface area (Å²) in [7, 11) is 0. The summed E-state index contributed by atoms with van der Waals surface area (Å²) < 4.78 is 1.24. The van der Waals surface area contributed by atoms with Crippen molar-refractivity contribution in [2.45, 2.75) is 6.04 Å². The number of rotatable bonds is 2. The Hall–Kier alpha value is -1.06. The van der Waals surface area contributed by atoms with Gasteiger partial charge in [0.05, 0.1) is 6.04 Å². The zero-order valence-electron chi connectivity index (χ0n) is 9.94. The number of fused-ring (bicyclic) bond motifs is 1. The van der Waals surface area contributed by atoms with E-state index in [1.54, 1.807) is 17.4 Å². The lowest BCUT2D eigenvalue weighted by Gasteiger charge is -2.12. The molecule has 1 nitrogen and oxygen atoms in total. The van der Waals surface area contributed by atoms with Gasteiger partial charge < -0.3 is 5.73 Å². The molecule has 3 rings (SSSR count). The molecule has 19 heavy (non-hydrogen) atoms. The highest BCUT2D eigenvalue weighted by atomic mass is 35.5. The maximum absolute atomic E-state index is 6.35. The van der Waals surface area contributed by atoms with Crippen LogP contribution in [0.25, 0.3) is 10.1 Å². The van der Waals surface area contributed by atoms with E-state index in [0.29, 0.717) is 10.0 Å². The molecule has 0 bridgehead atoms. The van der Waals surface area contributed by atoms with Gasteiger partial charge in [-0.05, 0) is 46.2 Å².